The SMILES string of the molecule is CC/C=C\C/C=C\C/C=C\C/C=C\CCCCCCCCC(=O)NC(COP(=O)(O)OCC[N+](C)(C)C)C(O)/C=C/CC/C=C/CCCCCCCCCCCCCCCCCCCCC. The van der Waals surface area contributed by atoms with E-state index in [4.69, 9.17) is 9.05 Å². The molecule has 0 spiro atoms. The summed E-state index contributed by atoms with van der Waals surface area (Å²) in [5.74, 6) is -0.202. The molecule has 0 aliphatic heterocycles. The van der Waals surface area contributed by atoms with Crippen molar-refractivity contribution in [1.29, 1.82) is 0 Å². The van der Waals surface area contributed by atoms with Crippen molar-refractivity contribution < 1.29 is 32.9 Å². The van der Waals surface area contributed by atoms with Crippen molar-refractivity contribution in [3.63, 3.8) is 0 Å². The molecule has 0 aliphatic rings. The van der Waals surface area contributed by atoms with E-state index in [2.05, 4.69) is 79.9 Å². The predicted octanol–water partition coefficient (Wildman–Crippen LogP) is 16.3. The van der Waals surface area contributed by atoms with E-state index in [0.29, 0.717) is 17.4 Å². The molecule has 384 valence electrons. The van der Waals surface area contributed by atoms with E-state index < -0.39 is 20.0 Å². The lowest BCUT2D eigenvalue weighted by atomic mass is 10.0. The van der Waals surface area contributed by atoms with Crippen molar-refractivity contribution in [3.05, 3.63) is 72.9 Å². The number of hydrogen-bond acceptors (Lipinski definition) is 5. The number of carbonyl (C=O) groups excluding carboxylic acids is 1. The summed E-state index contributed by atoms with van der Waals surface area (Å²) < 4.78 is 23.7. The minimum atomic E-state index is -4.36. The Morgan fingerprint density at radius 2 is 0.924 bits per heavy atom. The van der Waals surface area contributed by atoms with Crippen LogP contribution in [0.1, 0.15) is 232 Å². The lowest BCUT2D eigenvalue weighted by Gasteiger charge is -2.25. The Morgan fingerprint density at radius 1 is 0.530 bits per heavy atom. The zero-order chi connectivity index (χ0) is 48.5. The zero-order valence-corrected chi connectivity index (χ0v) is 44.6. The monoisotopic (exact) mass is 946 g/mol. The van der Waals surface area contributed by atoms with Crippen LogP contribution < -0.4 is 5.32 Å². The molecule has 9 heteroatoms. The van der Waals surface area contributed by atoms with Crippen LogP contribution in [0.15, 0.2) is 72.9 Å². The van der Waals surface area contributed by atoms with Crippen molar-refractivity contribution in [2.24, 2.45) is 0 Å². The molecule has 0 aliphatic carbocycles. The number of rotatable bonds is 49. The highest BCUT2D eigenvalue weighted by Crippen LogP contribution is 2.43. The average molecular weight is 946 g/mol. The number of carbonyl (C=O) groups is 1. The van der Waals surface area contributed by atoms with Crippen molar-refractivity contribution in [1.82, 2.24) is 5.32 Å². The summed E-state index contributed by atoms with van der Waals surface area (Å²) in [6, 6.07) is -0.875. The number of amides is 1. The Kier molecular flexibility index (Phi) is 46.5. The molecule has 3 N–H and O–H groups in total. The summed E-state index contributed by atoms with van der Waals surface area (Å²) in [6.07, 6.45) is 65.7. The van der Waals surface area contributed by atoms with Gasteiger partial charge in [-0.3, -0.25) is 13.8 Å². The third kappa shape index (κ3) is 49.8. The van der Waals surface area contributed by atoms with Gasteiger partial charge < -0.3 is 19.8 Å². The molecule has 0 rings (SSSR count). The first-order valence-corrected chi connectivity index (χ1v) is 28.8. The second-order valence-corrected chi connectivity index (χ2v) is 21.0. The van der Waals surface area contributed by atoms with Crippen molar-refractivity contribution >= 4 is 13.7 Å². The van der Waals surface area contributed by atoms with Crippen molar-refractivity contribution in [2.45, 2.75) is 244 Å². The molecule has 0 saturated carbocycles. The number of nitrogens with one attached hydrogen (secondary N) is 1. The molecule has 0 aromatic rings. The predicted molar refractivity (Wildman–Crippen MR) is 286 cm³/mol. The highest BCUT2D eigenvalue weighted by molar-refractivity contribution is 7.47. The van der Waals surface area contributed by atoms with Gasteiger partial charge in [0, 0.05) is 6.42 Å². The van der Waals surface area contributed by atoms with Crippen LogP contribution in [0.2, 0.25) is 0 Å². The fourth-order valence-electron chi connectivity index (χ4n) is 7.64. The molecule has 0 radical (unpaired) electrons. The van der Waals surface area contributed by atoms with Gasteiger partial charge in [0.2, 0.25) is 5.91 Å². The summed E-state index contributed by atoms with van der Waals surface area (Å²) in [7, 11) is 1.54. The van der Waals surface area contributed by atoms with Gasteiger partial charge in [-0.25, -0.2) is 4.57 Å². The van der Waals surface area contributed by atoms with Crippen molar-refractivity contribution in [2.75, 3.05) is 40.9 Å². The number of nitrogens with zero attached hydrogens (tertiary/aromatic N) is 1. The van der Waals surface area contributed by atoms with Gasteiger partial charge in [0.1, 0.15) is 13.2 Å². The molecule has 0 saturated heterocycles. The van der Waals surface area contributed by atoms with E-state index >= 15 is 0 Å². The molecule has 0 fully saturated rings. The molecule has 0 bridgehead atoms. The molecule has 3 unspecified atom stereocenters. The normalized spacial score (nSPS) is 14.6. The Hall–Kier alpha value is -2.06. The lowest BCUT2D eigenvalue weighted by molar-refractivity contribution is -0.870. The van der Waals surface area contributed by atoms with Gasteiger partial charge in [-0.2, -0.15) is 0 Å². The summed E-state index contributed by atoms with van der Waals surface area (Å²) in [5, 5.41) is 13.9. The highest BCUT2D eigenvalue weighted by Gasteiger charge is 2.27. The topological polar surface area (TPSA) is 105 Å². The number of allylic oxidation sites excluding steroid dienone is 11. The number of quaternary nitrogens is 1. The number of aliphatic hydroxyl groups is 1. The van der Waals surface area contributed by atoms with E-state index in [9.17, 15) is 19.4 Å². The Morgan fingerprint density at radius 3 is 1.39 bits per heavy atom. The summed E-state index contributed by atoms with van der Waals surface area (Å²) in [5.41, 5.74) is 0. The minimum absolute atomic E-state index is 0.0499. The van der Waals surface area contributed by atoms with E-state index in [1.165, 1.54) is 135 Å². The third-order valence-corrected chi connectivity index (χ3v) is 12.9. The van der Waals surface area contributed by atoms with Crippen LogP contribution in [-0.2, 0) is 18.4 Å². The van der Waals surface area contributed by atoms with E-state index in [0.717, 1.165) is 77.0 Å². The number of likely N-dealkylation sites (N-methyl/N-ethyl adjacent to an activating group) is 1. The number of hydrogen-bond donors (Lipinski definition) is 3. The average Bonchev–Trinajstić information content (AvgIpc) is 3.28. The largest absolute Gasteiger partial charge is 0.472 e. The summed E-state index contributed by atoms with van der Waals surface area (Å²) >= 11 is 0. The quantitative estimate of drug-likeness (QED) is 0.0243. The Labute approximate surface area is 408 Å². The van der Waals surface area contributed by atoms with Gasteiger partial charge in [0.15, 0.2) is 0 Å². The molecule has 0 heterocycles. The summed E-state index contributed by atoms with van der Waals surface area (Å²) in [6.45, 7) is 4.68. The zero-order valence-electron chi connectivity index (χ0n) is 43.7. The van der Waals surface area contributed by atoms with Crippen LogP contribution in [0.25, 0.3) is 0 Å². The fraction of sp³-hybridized carbons (Fsp3) is 0.772. The Balaban J connectivity index is 4.33. The molecule has 66 heavy (non-hydrogen) atoms. The highest BCUT2D eigenvalue weighted by atomic mass is 31.2. The maximum atomic E-state index is 12.9. The van der Waals surface area contributed by atoms with E-state index in [1.807, 2.05) is 27.2 Å². The third-order valence-electron chi connectivity index (χ3n) is 11.9. The first-order valence-electron chi connectivity index (χ1n) is 27.3. The number of unbranched alkanes of at least 4 members (excludes halogenated alkanes) is 26. The second kappa shape index (κ2) is 48.0. The maximum Gasteiger partial charge on any atom is 0.472 e. The molecular weight excluding hydrogens is 840 g/mol. The van der Waals surface area contributed by atoms with Gasteiger partial charge in [-0.15, -0.1) is 0 Å². The van der Waals surface area contributed by atoms with Crippen LogP contribution >= 0.6 is 7.82 Å². The Bertz CT molecular complexity index is 1300. The van der Waals surface area contributed by atoms with Gasteiger partial charge in [-0.1, -0.05) is 228 Å². The number of phosphoric acid groups is 1. The molecular formula is C57H106N2O6P+. The van der Waals surface area contributed by atoms with Crippen LogP contribution in [0.3, 0.4) is 0 Å². The number of phosphoric ester groups is 1. The van der Waals surface area contributed by atoms with Crippen LogP contribution in [0.5, 0.6) is 0 Å². The molecule has 0 aromatic carbocycles. The second-order valence-electron chi connectivity index (χ2n) is 19.6. The fourth-order valence-corrected chi connectivity index (χ4v) is 8.37. The first kappa shape index (κ1) is 63.9. The molecule has 3 atom stereocenters. The van der Waals surface area contributed by atoms with Crippen LogP contribution in [-0.4, -0.2) is 73.4 Å². The smallest absolute Gasteiger partial charge is 0.387 e. The van der Waals surface area contributed by atoms with E-state index in [1.54, 1.807) is 6.08 Å². The standard InChI is InChI=1S/C57H105N2O6P/c1-6-8-10-12-14-16-18-20-22-24-26-27-28-29-30-31-33-34-36-38-40-42-44-46-48-50-56(60)55(54-65-66(62,63)64-53-52-59(3,4)5)58-57(61)51-49-47-45-43-41-39-37-35-32-25-23-21-19-17-15-13-11-9-7-2/h9,11,15,17,21,23,32,35,40,42,48,50,55-56,60H,6-8,10,12-14,16,18-20,22,24-31,33-34,36-39,41,43-47,49,51-54H2,1-5H3,(H-,58,61,62,63)/p+1/b11-9-,17-15-,23-21-,35-32-,42-40+,50-48+. The summed E-state index contributed by atoms with van der Waals surface area (Å²) in [4.78, 5) is 23.2. The van der Waals surface area contributed by atoms with Crippen LogP contribution in [0, 0.1) is 0 Å². The van der Waals surface area contributed by atoms with Gasteiger partial charge >= 0.3 is 7.82 Å². The maximum absolute atomic E-state index is 12.9. The van der Waals surface area contributed by atoms with Gasteiger partial charge in [0.05, 0.1) is 39.9 Å². The van der Waals surface area contributed by atoms with E-state index in [-0.39, 0.29) is 19.1 Å². The molecule has 0 aromatic heterocycles. The van der Waals surface area contributed by atoms with Gasteiger partial charge in [-0.05, 0) is 70.6 Å². The van der Waals surface area contributed by atoms with Crippen molar-refractivity contribution in [3.8, 4) is 0 Å². The minimum Gasteiger partial charge on any atom is -0.387 e. The first-order chi connectivity index (χ1) is 32.0. The molecule has 8 nitrogen and oxygen atoms in total. The molecule has 1 amide bonds. The van der Waals surface area contributed by atoms with Crippen LogP contribution in [0.4, 0.5) is 0 Å². The number of aliphatic hydroxyl groups excluding tert-OH is 1. The lowest BCUT2D eigenvalue weighted by Crippen LogP contribution is -2.45. The van der Waals surface area contributed by atoms with Gasteiger partial charge in [0.25, 0.3) is 0 Å².